The molecule has 0 fully saturated rings. The summed E-state index contributed by atoms with van der Waals surface area (Å²) >= 11 is 1.68. The van der Waals surface area contributed by atoms with E-state index in [0.717, 1.165) is 0 Å². The van der Waals surface area contributed by atoms with Gasteiger partial charge in [-0.2, -0.15) is 16.4 Å². The van der Waals surface area contributed by atoms with Crippen molar-refractivity contribution in [1.82, 2.24) is 5.01 Å². The Kier molecular flexibility index (Phi) is 2.45. The first-order valence-electron chi connectivity index (χ1n) is 3.02. The Bertz CT molecular complexity index is 201. The summed E-state index contributed by atoms with van der Waals surface area (Å²) in [4.78, 5) is 0. The predicted molar refractivity (Wildman–Crippen MR) is 45.6 cm³/mol. The molecule has 0 unspecified atom stereocenters. The zero-order valence-corrected chi connectivity index (χ0v) is 6.93. The van der Waals surface area contributed by atoms with E-state index in [9.17, 15) is 0 Å². The van der Waals surface area contributed by atoms with E-state index in [2.05, 4.69) is 10.5 Å². The van der Waals surface area contributed by atoms with E-state index in [1.54, 1.807) is 16.3 Å². The summed E-state index contributed by atoms with van der Waals surface area (Å²) in [6.45, 7) is 0. The Morgan fingerprint density at radius 3 is 2.90 bits per heavy atom. The zero-order valence-electron chi connectivity index (χ0n) is 6.11. The minimum absolute atomic E-state index is 1.17. The lowest BCUT2D eigenvalue weighted by Gasteiger charge is -2.00. The van der Waals surface area contributed by atoms with Crippen molar-refractivity contribution in [3.63, 3.8) is 0 Å². The van der Waals surface area contributed by atoms with Crippen molar-refractivity contribution < 1.29 is 0 Å². The van der Waals surface area contributed by atoms with Crippen molar-refractivity contribution >= 4 is 17.6 Å². The molecule has 1 aromatic rings. The second-order valence-electron chi connectivity index (χ2n) is 2.15. The van der Waals surface area contributed by atoms with Crippen LogP contribution in [0.1, 0.15) is 5.56 Å². The Morgan fingerprint density at radius 1 is 1.60 bits per heavy atom. The van der Waals surface area contributed by atoms with Crippen LogP contribution >= 0.6 is 11.3 Å². The van der Waals surface area contributed by atoms with E-state index in [4.69, 9.17) is 0 Å². The quantitative estimate of drug-likeness (QED) is 0.467. The fourth-order valence-corrected chi connectivity index (χ4v) is 1.14. The van der Waals surface area contributed by atoms with Gasteiger partial charge in [0.2, 0.25) is 0 Å². The summed E-state index contributed by atoms with van der Waals surface area (Å²) in [5.74, 6) is 0. The van der Waals surface area contributed by atoms with Gasteiger partial charge in [-0.05, 0) is 16.8 Å². The Labute approximate surface area is 64.8 Å². The molecule has 0 atom stereocenters. The minimum Gasteiger partial charge on any atom is -0.303 e. The van der Waals surface area contributed by atoms with Gasteiger partial charge < -0.3 is 5.01 Å². The predicted octanol–water partition coefficient (Wildman–Crippen LogP) is 1.64. The molecule has 54 valence electrons. The molecule has 0 aliphatic rings. The molecule has 0 N–H and O–H groups in total. The van der Waals surface area contributed by atoms with Gasteiger partial charge in [-0.3, -0.25) is 0 Å². The average molecular weight is 154 g/mol. The molecule has 1 aromatic heterocycles. The molecule has 0 saturated carbocycles. The highest BCUT2D eigenvalue weighted by Gasteiger charge is 1.84. The molecule has 0 amide bonds. The summed E-state index contributed by atoms with van der Waals surface area (Å²) < 4.78 is 0. The van der Waals surface area contributed by atoms with Gasteiger partial charge in [0.15, 0.2) is 0 Å². The van der Waals surface area contributed by atoms with E-state index in [1.165, 1.54) is 5.56 Å². The van der Waals surface area contributed by atoms with Crippen molar-refractivity contribution in [2.24, 2.45) is 5.10 Å². The molecule has 0 spiro atoms. The highest BCUT2D eigenvalue weighted by molar-refractivity contribution is 7.08. The SMILES string of the molecule is CN(C)/N=C/c1ccsc1. The average Bonchev–Trinajstić information content (AvgIpc) is 2.34. The van der Waals surface area contributed by atoms with Gasteiger partial charge in [0.25, 0.3) is 0 Å². The lowest BCUT2D eigenvalue weighted by Crippen LogP contribution is -2.01. The van der Waals surface area contributed by atoms with Gasteiger partial charge in [0.05, 0.1) is 6.21 Å². The van der Waals surface area contributed by atoms with Crippen molar-refractivity contribution in [2.45, 2.75) is 0 Å². The van der Waals surface area contributed by atoms with Crippen molar-refractivity contribution in [1.29, 1.82) is 0 Å². The van der Waals surface area contributed by atoms with Crippen LogP contribution in [0.3, 0.4) is 0 Å². The fraction of sp³-hybridized carbons (Fsp3) is 0.286. The van der Waals surface area contributed by atoms with Crippen LogP contribution in [0.15, 0.2) is 21.9 Å². The largest absolute Gasteiger partial charge is 0.303 e. The Hall–Kier alpha value is -0.830. The van der Waals surface area contributed by atoms with Gasteiger partial charge in [0, 0.05) is 19.7 Å². The van der Waals surface area contributed by atoms with Crippen LogP contribution in [-0.4, -0.2) is 25.3 Å². The van der Waals surface area contributed by atoms with Crippen molar-refractivity contribution in [3.05, 3.63) is 22.4 Å². The topological polar surface area (TPSA) is 15.6 Å². The van der Waals surface area contributed by atoms with E-state index in [0.29, 0.717) is 0 Å². The van der Waals surface area contributed by atoms with Gasteiger partial charge in [0.1, 0.15) is 0 Å². The van der Waals surface area contributed by atoms with Gasteiger partial charge in [-0.1, -0.05) is 0 Å². The molecular formula is C7H10N2S. The molecule has 3 heteroatoms. The maximum Gasteiger partial charge on any atom is 0.0551 e. The molecule has 0 aromatic carbocycles. The van der Waals surface area contributed by atoms with E-state index >= 15 is 0 Å². The second kappa shape index (κ2) is 3.37. The molecule has 0 radical (unpaired) electrons. The van der Waals surface area contributed by atoms with Crippen molar-refractivity contribution in [3.8, 4) is 0 Å². The van der Waals surface area contributed by atoms with E-state index in [1.807, 2.05) is 31.8 Å². The standard InChI is InChI=1S/C7H10N2S/c1-9(2)8-5-7-3-4-10-6-7/h3-6H,1-2H3/b8-5+. The lowest BCUT2D eigenvalue weighted by molar-refractivity contribution is 0.440. The van der Waals surface area contributed by atoms with Crippen LogP contribution in [0.2, 0.25) is 0 Å². The summed E-state index contributed by atoms with van der Waals surface area (Å²) in [6.07, 6.45) is 1.84. The lowest BCUT2D eigenvalue weighted by atomic mass is 10.4. The monoisotopic (exact) mass is 154 g/mol. The third kappa shape index (κ3) is 2.19. The number of rotatable bonds is 2. The summed E-state index contributed by atoms with van der Waals surface area (Å²) in [6, 6.07) is 2.04. The molecule has 0 aliphatic carbocycles. The van der Waals surface area contributed by atoms with Gasteiger partial charge in [-0.25, -0.2) is 0 Å². The molecule has 0 aliphatic heterocycles. The third-order valence-corrected chi connectivity index (χ3v) is 1.68. The van der Waals surface area contributed by atoms with Crippen LogP contribution in [-0.2, 0) is 0 Å². The highest BCUT2D eigenvalue weighted by atomic mass is 32.1. The summed E-state index contributed by atoms with van der Waals surface area (Å²) in [5.41, 5.74) is 1.17. The maximum absolute atomic E-state index is 4.08. The highest BCUT2D eigenvalue weighted by Crippen LogP contribution is 2.02. The van der Waals surface area contributed by atoms with E-state index < -0.39 is 0 Å². The molecule has 0 bridgehead atoms. The molecule has 1 rings (SSSR count). The van der Waals surface area contributed by atoms with Gasteiger partial charge >= 0.3 is 0 Å². The molecule has 2 nitrogen and oxygen atoms in total. The number of nitrogens with zero attached hydrogens (tertiary/aromatic N) is 2. The maximum atomic E-state index is 4.08. The molecule has 1 heterocycles. The first-order valence-corrected chi connectivity index (χ1v) is 3.97. The number of hydrogen-bond acceptors (Lipinski definition) is 3. The van der Waals surface area contributed by atoms with Crippen LogP contribution in [0.5, 0.6) is 0 Å². The van der Waals surface area contributed by atoms with Gasteiger partial charge in [-0.15, -0.1) is 0 Å². The van der Waals surface area contributed by atoms with Crippen LogP contribution < -0.4 is 0 Å². The smallest absolute Gasteiger partial charge is 0.0551 e. The summed E-state index contributed by atoms with van der Waals surface area (Å²) in [7, 11) is 3.81. The van der Waals surface area contributed by atoms with Crippen LogP contribution in [0.25, 0.3) is 0 Å². The van der Waals surface area contributed by atoms with Crippen molar-refractivity contribution in [2.75, 3.05) is 14.1 Å². The first kappa shape index (κ1) is 7.28. The first-order chi connectivity index (χ1) is 4.79. The molecule has 0 saturated heterocycles. The molecule has 10 heavy (non-hydrogen) atoms. The number of thiophene rings is 1. The fourth-order valence-electron chi connectivity index (χ4n) is 0.531. The zero-order chi connectivity index (χ0) is 7.40. The van der Waals surface area contributed by atoms with E-state index in [-0.39, 0.29) is 0 Å². The minimum atomic E-state index is 1.17. The second-order valence-corrected chi connectivity index (χ2v) is 2.93. The van der Waals surface area contributed by atoms with Crippen LogP contribution in [0.4, 0.5) is 0 Å². The number of hydrogen-bond donors (Lipinski definition) is 0. The Balaban J connectivity index is 2.55. The Morgan fingerprint density at radius 2 is 2.40 bits per heavy atom. The number of hydrazone groups is 1. The van der Waals surface area contributed by atoms with Crippen LogP contribution in [0, 0.1) is 0 Å². The summed E-state index contributed by atoms with van der Waals surface area (Å²) in [5, 5.41) is 9.96. The normalized spacial score (nSPS) is 10.6. The third-order valence-electron chi connectivity index (χ3n) is 0.981. The molecular weight excluding hydrogens is 144 g/mol.